The van der Waals surface area contributed by atoms with E-state index in [0.717, 1.165) is 0 Å². The predicted octanol–water partition coefficient (Wildman–Crippen LogP) is 1.30. The fourth-order valence-electron chi connectivity index (χ4n) is 0.790. The van der Waals surface area contributed by atoms with Gasteiger partial charge in [-0.05, 0) is 0 Å². The number of carbonyl (C=O) groups is 1. The maximum absolute atomic E-state index is 10.7. The molecule has 0 heterocycles. The minimum absolute atomic E-state index is 0.0504. The number of ketones is 1. The lowest BCUT2D eigenvalue weighted by molar-refractivity contribution is -0.113. The van der Waals surface area contributed by atoms with Gasteiger partial charge in [0.25, 0.3) is 0 Å². The van der Waals surface area contributed by atoms with Crippen LogP contribution in [0.25, 0.3) is 0 Å². The molecular weight excluding hydrogens is 126 g/mol. The molecule has 50 valence electrons. The SMILES string of the molecule is CC(=O)C1=CC=C[CH+]C1=N. The van der Waals surface area contributed by atoms with Crippen LogP contribution < -0.4 is 0 Å². The van der Waals surface area contributed by atoms with Gasteiger partial charge in [0.2, 0.25) is 5.78 Å². The van der Waals surface area contributed by atoms with Crippen molar-refractivity contribution in [3.8, 4) is 0 Å². The molecule has 0 saturated heterocycles. The quantitative estimate of drug-likeness (QED) is 0.539. The van der Waals surface area contributed by atoms with E-state index < -0.39 is 0 Å². The van der Waals surface area contributed by atoms with E-state index >= 15 is 0 Å². The van der Waals surface area contributed by atoms with Gasteiger partial charge in [0.05, 0.1) is 18.6 Å². The maximum atomic E-state index is 10.7. The fraction of sp³-hybridized carbons (Fsp3) is 0.125. The molecule has 0 saturated carbocycles. The molecule has 0 amide bonds. The molecule has 0 radical (unpaired) electrons. The Balaban J connectivity index is 2.91. The topological polar surface area (TPSA) is 40.9 Å². The number of allylic oxidation sites excluding steroid dienone is 4. The zero-order valence-electron chi connectivity index (χ0n) is 5.72. The molecule has 0 aliphatic heterocycles. The van der Waals surface area contributed by atoms with Gasteiger partial charge >= 0.3 is 0 Å². The lowest BCUT2D eigenvalue weighted by atomic mass is 10.00. The molecule has 1 aliphatic rings. The van der Waals surface area contributed by atoms with Crippen LogP contribution in [0, 0.1) is 11.8 Å². The van der Waals surface area contributed by atoms with Crippen molar-refractivity contribution in [1.82, 2.24) is 0 Å². The fourth-order valence-corrected chi connectivity index (χ4v) is 0.790. The average Bonchev–Trinajstić information content (AvgIpc) is 1.88. The van der Waals surface area contributed by atoms with Crippen molar-refractivity contribution < 1.29 is 4.79 Å². The first kappa shape index (κ1) is 6.81. The molecule has 1 rings (SSSR count). The molecule has 0 aromatic heterocycles. The Hall–Kier alpha value is -1.31. The second-order valence-corrected chi connectivity index (χ2v) is 2.10. The standard InChI is InChI=1S/C8H8NO/c1-6(10)7-4-2-3-5-8(7)9/h2-5,9H,1H3/q+1. The number of hydrogen-bond acceptors (Lipinski definition) is 2. The Morgan fingerprint density at radius 3 is 2.80 bits per heavy atom. The minimum atomic E-state index is -0.0504. The highest BCUT2D eigenvalue weighted by Gasteiger charge is 2.19. The second-order valence-electron chi connectivity index (χ2n) is 2.10. The zero-order valence-corrected chi connectivity index (χ0v) is 5.72. The van der Waals surface area contributed by atoms with Crippen LogP contribution >= 0.6 is 0 Å². The van der Waals surface area contributed by atoms with Gasteiger partial charge in [-0.25, -0.2) is 0 Å². The first-order valence-corrected chi connectivity index (χ1v) is 3.03. The highest BCUT2D eigenvalue weighted by atomic mass is 16.1. The van der Waals surface area contributed by atoms with Crippen molar-refractivity contribution >= 4 is 11.5 Å². The largest absolute Gasteiger partial charge is 0.279 e. The minimum Gasteiger partial charge on any atom is -0.279 e. The van der Waals surface area contributed by atoms with Crippen LogP contribution in [0.1, 0.15) is 6.92 Å². The Labute approximate surface area is 59.8 Å². The zero-order chi connectivity index (χ0) is 7.56. The van der Waals surface area contributed by atoms with E-state index in [2.05, 4.69) is 0 Å². The molecule has 0 aromatic rings. The number of nitrogens with one attached hydrogen (secondary N) is 1. The number of rotatable bonds is 1. The summed E-state index contributed by atoms with van der Waals surface area (Å²) >= 11 is 0. The van der Waals surface area contributed by atoms with Crippen molar-refractivity contribution in [2.45, 2.75) is 6.92 Å². The Morgan fingerprint density at radius 2 is 2.40 bits per heavy atom. The maximum Gasteiger partial charge on any atom is 0.216 e. The third kappa shape index (κ3) is 1.16. The van der Waals surface area contributed by atoms with E-state index in [-0.39, 0.29) is 5.78 Å². The van der Waals surface area contributed by atoms with Crippen molar-refractivity contribution in [2.75, 3.05) is 0 Å². The smallest absolute Gasteiger partial charge is 0.216 e. The van der Waals surface area contributed by atoms with Crippen molar-refractivity contribution in [3.05, 3.63) is 30.2 Å². The molecule has 0 spiro atoms. The highest BCUT2D eigenvalue weighted by molar-refractivity contribution is 6.24. The van der Waals surface area contributed by atoms with Gasteiger partial charge < -0.3 is 0 Å². The lowest BCUT2D eigenvalue weighted by Gasteiger charge is -1.95. The number of Topliss-reactive ketones (excluding diaryl/α,β-unsaturated/α-hetero) is 1. The monoisotopic (exact) mass is 134 g/mol. The van der Waals surface area contributed by atoms with Crippen LogP contribution in [-0.4, -0.2) is 11.5 Å². The van der Waals surface area contributed by atoms with Crippen molar-refractivity contribution in [3.63, 3.8) is 0 Å². The Morgan fingerprint density at radius 1 is 1.70 bits per heavy atom. The normalized spacial score (nSPS) is 16.1. The van der Waals surface area contributed by atoms with Crippen LogP contribution in [0.2, 0.25) is 0 Å². The first-order valence-electron chi connectivity index (χ1n) is 3.03. The van der Waals surface area contributed by atoms with Gasteiger partial charge in [-0.2, -0.15) is 0 Å². The molecular formula is C8H8NO+. The van der Waals surface area contributed by atoms with Crippen LogP contribution in [0.5, 0.6) is 0 Å². The van der Waals surface area contributed by atoms with Gasteiger partial charge in [0, 0.05) is 13.0 Å². The predicted molar refractivity (Wildman–Crippen MR) is 39.9 cm³/mol. The Bertz CT molecular complexity index is 236. The van der Waals surface area contributed by atoms with E-state index in [9.17, 15) is 4.79 Å². The van der Waals surface area contributed by atoms with Crippen LogP contribution in [0.15, 0.2) is 23.8 Å². The molecule has 1 aliphatic carbocycles. The van der Waals surface area contributed by atoms with E-state index in [1.165, 1.54) is 6.92 Å². The molecule has 0 aromatic carbocycles. The summed E-state index contributed by atoms with van der Waals surface area (Å²) in [4.78, 5) is 10.7. The molecule has 2 nitrogen and oxygen atoms in total. The molecule has 2 heteroatoms. The van der Waals surface area contributed by atoms with Gasteiger partial charge in [-0.15, -0.1) is 0 Å². The van der Waals surface area contributed by atoms with Crippen LogP contribution in [0.3, 0.4) is 0 Å². The molecule has 0 unspecified atom stereocenters. The van der Waals surface area contributed by atoms with Crippen LogP contribution in [0.4, 0.5) is 0 Å². The summed E-state index contributed by atoms with van der Waals surface area (Å²) in [6.45, 7) is 1.47. The Kier molecular flexibility index (Phi) is 1.71. The summed E-state index contributed by atoms with van der Waals surface area (Å²) in [5, 5.41) is 7.28. The third-order valence-electron chi connectivity index (χ3n) is 1.31. The number of carbonyl (C=O) groups excluding carboxylic acids is 1. The summed E-state index contributed by atoms with van der Waals surface area (Å²) in [5.74, 6) is -0.0504. The molecule has 0 bridgehead atoms. The van der Waals surface area contributed by atoms with Crippen molar-refractivity contribution in [2.24, 2.45) is 0 Å². The summed E-state index contributed by atoms with van der Waals surface area (Å²) in [6, 6.07) is 0. The van der Waals surface area contributed by atoms with Crippen LogP contribution in [-0.2, 0) is 4.79 Å². The van der Waals surface area contributed by atoms with Crippen molar-refractivity contribution in [1.29, 1.82) is 5.41 Å². The van der Waals surface area contributed by atoms with E-state index in [1.54, 1.807) is 24.6 Å². The van der Waals surface area contributed by atoms with Gasteiger partial charge in [-0.1, -0.05) is 0 Å². The summed E-state index contributed by atoms with van der Waals surface area (Å²) in [5.41, 5.74) is 0.789. The molecule has 0 atom stereocenters. The second kappa shape index (κ2) is 2.52. The average molecular weight is 134 g/mol. The first-order chi connectivity index (χ1) is 4.72. The van der Waals surface area contributed by atoms with E-state index in [4.69, 9.17) is 5.41 Å². The lowest BCUT2D eigenvalue weighted by Crippen LogP contribution is -2.10. The van der Waals surface area contributed by atoms with Gasteiger partial charge in [0.1, 0.15) is 5.57 Å². The van der Waals surface area contributed by atoms with Gasteiger partial charge in [-0.3, -0.25) is 10.2 Å². The number of hydrogen-bond donors (Lipinski definition) is 1. The molecule has 0 fully saturated rings. The summed E-state index contributed by atoms with van der Waals surface area (Å²) in [7, 11) is 0. The third-order valence-corrected chi connectivity index (χ3v) is 1.31. The van der Waals surface area contributed by atoms with E-state index in [1.807, 2.05) is 0 Å². The summed E-state index contributed by atoms with van der Waals surface area (Å²) in [6.07, 6.45) is 6.77. The molecule has 1 N–H and O–H groups in total. The highest BCUT2D eigenvalue weighted by Crippen LogP contribution is 2.07. The van der Waals surface area contributed by atoms with E-state index in [0.29, 0.717) is 11.3 Å². The summed E-state index contributed by atoms with van der Waals surface area (Å²) < 4.78 is 0. The van der Waals surface area contributed by atoms with Gasteiger partial charge in [0.15, 0.2) is 5.71 Å². The molecule has 10 heavy (non-hydrogen) atoms.